The predicted molar refractivity (Wildman–Crippen MR) is 91.7 cm³/mol. The molecule has 1 fully saturated rings. The summed E-state index contributed by atoms with van der Waals surface area (Å²) in [5.74, 6) is 0.801. The van der Waals surface area contributed by atoms with Gasteiger partial charge < -0.3 is 5.32 Å². The molecule has 1 aromatic heterocycles. The molecule has 21 heavy (non-hydrogen) atoms. The van der Waals surface area contributed by atoms with E-state index in [1.165, 1.54) is 41.7 Å². The van der Waals surface area contributed by atoms with Gasteiger partial charge in [0.25, 0.3) is 0 Å². The van der Waals surface area contributed by atoms with Gasteiger partial charge in [0.1, 0.15) is 0 Å². The zero-order chi connectivity index (χ0) is 14.7. The number of thiophene rings is 1. The third-order valence-electron chi connectivity index (χ3n) is 4.81. The summed E-state index contributed by atoms with van der Waals surface area (Å²) in [6.45, 7) is 4.52. The summed E-state index contributed by atoms with van der Waals surface area (Å²) >= 11 is 1.90. The van der Waals surface area contributed by atoms with Crippen LogP contribution in [0, 0.1) is 12.8 Å². The van der Waals surface area contributed by atoms with Crippen LogP contribution < -0.4 is 5.32 Å². The number of nitrogens with one attached hydrogen (secondary N) is 1. The largest absolute Gasteiger partial charge is 0.302 e. The molecule has 0 aliphatic heterocycles. The van der Waals surface area contributed by atoms with Gasteiger partial charge in [-0.05, 0) is 55.2 Å². The van der Waals surface area contributed by atoms with Crippen molar-refractivity contribution >= 4 is 11.3 Å². The van der Waals surface area contributed by atoms with Crippen LogP contribution >= 0.6 is 11.3 Å². The number of aryl methyl sites for hydroxylation is 1. The molecule has 2 aromatic rings. The molecule has 1 aliphatic carbocycles. The number of benzene rings is 1. The van der Waals surface area contributed by atoms with Crippen LogP contribution in [0.1, 0.15) is 60.7 Å². The highest BCUT2D eigenvalue weighted by molar-refractivity contribution is 7.10. The Morgan fingerprint density at radius 1 is 1.10 bits per heavy atom. The molecule has 0 radical (unpaired) electrons. The first-order valence-electron chi connectivity index (χ1n) is 8.10. The van der Waals surface area contributed by atoms with E-state index in [-0.39, 0.29) is 0 Å². The highest BCUT2D eigenvalue weighted by Crippen LogP contribution is 2.38. The molecule has 1 heterocycles. The van der Waals surface area contributed by atoms with Gasteiger partial charge in [0.2, 0.25) is 0 Å². The standard InChI is InChI=1S/C19H25NS/c1-14-8-3-6-11-17(14)15(2)20-19(16-9-4-5-10-16)18-12-7-13-21-18/h3,6-8,11-13,15-16,19-20H,4-5,9-10H2,1-2H3. The Morgan fingerprint density at radius 2 is 1.86 bits per heavy atom. The second-order valence-electron chi connectivity index (χ2n) is 6.28. The van der Waals surface area contributed by atoms with Crippen LogP contribution in [-0.2, 0) is 0 Å². The molecular weight excluding hydrogens is 274 g/mol. The van der Waals surface area contributed by atoms with Crippen molar-refractivity contribution in [2.24, 2.45) is 5.92 Å². The van der Waals surface area contributed by atoms with Crippen molar-refractivity contribution in [3.8, 4) is 0 Å². The SMILES string of the molecule is Cc1ccccc1C(C)NC(c1cccs1)C1CCCC1. The summed E-state index contributed by atoms with van der Waals surface area (Å²) in [7, 11) is 0. The van der Waals surface area contributed by atoms with Crippen LogP contribution in [0.5, 0.6) is 0 Å². The van der Waals surface area contributed by atoms with E-state index in [2.05, 4.69) is 60.9 Å². The van der Waals surface area contributed by atoms with E-state index >= 15 is 0 Å². The molecule has 2 atom stereocenters. The average molecular weight is 299 g/mol. The molecular formula is C19H25NS. The average Bonchev–Trinajstić information content (AvgIpc) is 3.18. The zero-order valence-corrected chi connectivity index (χ0v) is 13.8. The molecule has 1 aromatic carbocycles. The highest BCUT2D eigenvalue weighted by atomic mass is 32.1. The number of hydrogen-bond acceptors (Lipinski definition) is 2. The molecule has 0 bridgehead atoms. The minimum atomic E-state index is 0.402. The third kappa shape index (κ3) is 3.38. The van der Waals surface area contributed by atoms with E-state index in [9.17, 15) is 0 Å². The van der Waals surface area contributed by atoms with Gasteiger partial charge in [-0.2, -0.15) is 0 Å². The summed E-state index contributed by atoms with van der Waals surface area (Å²) in [4.78, 5) is 1.50. The lowest BCUT2D eigenvalue weighted by atomic mass is 9.94. The van der Waals surface area contributed by atoms with Gasteiger partial charge in [-0.3, -0.25) is 0 Å². The molecule has 1 aliphatic rings. The highest BCUT2D eigenvalue weighted by Gasteiger charge is 2.28. The van der Waals surface area contributed by atoms with Crippen LogP contribution in [0.2, 0.25) is 0 Å². The fraction of sp³-hybridized carbons (Fsp3) is 0.474. The minimum Gasteiger partial charge on any atom is -0.302 e. The molecule has 0 amide bonds. The maximum absolute atomic E-state index is 3.93. The van der Waals surface area contributed by atoms with Crippen LogP contribution in [-0.4, -0.2) is 0 Å². The Morgan fingerprint density at radius 3 is 2.52 bits per heavy atom. The Kier molecular flexibility index (Phi) is 4.77. The zero-order valence-electron chi connectivity index (χ0n) is 13.0. The fourth-order valence-corrected chi connectivity index (χ4v) is 4.52. The quantitative estimate of drug-likeness (QED) is 0.753. The van der Waals surface area contributed by atoms with Gasteiger partial charge in [0.05, 0.1) is 0 Å². The van der Waals surface area contributed by atoms with Crippen LogP contribution in [0.3, 0.4) is 0 Å². The van der Waals surface area contributed by atoms with E-state index in [4.69, 9.17) is 0 Å². The van der Waals surface area contributed by atoms with Crippen molar-refractivity contribution in [3.05, 3.63) is 57.8 Å². The van der Waals surface area contributed by atoms with Gasteiger partial charge >= 0.3 is 0 Å². The summed E-state index contributed by atoms with van der Waals surface area (Å²) in [5, 5.41) is 6.13. The number of rotatable bonds is 5. The van der Waals surface area contributed by atoms with Crippen molar-refractivity contribution < 1.29 is 0 Å². The Hall–Kier alpha value is -1.12. The third-order valence-corrected chi connectivity index (χ3v) is 5.76. The van der Waals surface area contributed by atoms with Crippen molar-refractivity contribution in [3.63, 3.8) is 0 Å². The molecule has 112 valence electrons. The van der Waals surface area contributed by atoms with Gasteiger partial charge in [-0.15, -0.1) is 11.3 Å². The maximum atomic E-state index is 3.93. The summed E-state index contributed by atoms with van der Waals surface area (Å²) in [6, 6.07) is 14.1. The Balaban J connectivity index is 1.79. The molecule has 1 nitrogen and oxygen atoms in total. The van der Waals surface area contributed by atoms with Gasteiger partial charge in [-0.1, -0.05) is 43.2 Å². The molecule has 1 N–H and O–H groups in total. The van der Waals surface area contributed by atoms with Crippen LogP contribution in [0.4, 0.5) is 0 Å². The van der Waals surface area contributed by atoms with Crippen molar-refractivity contribution in [2.45, 2.75) is 51.6 Å². The summed E-state index contributed by atoms with van der Waals surface area (Å²) in [5.41, 5.74) is 2.81. The molecule has 2 unspecified atom stereocenters. The van der Waals surface area contributed by atoms with Crippen LogP contribution in [0.15, 0.2) is 41.8 Å². The van der Waals surface area contributed by atoms with Crippen molar-refractivity contribution in [1.82, 2.24) is 5.32 Å². The normalized spacial score (nSPS) is 18.8. The lowest BCUT2D eigenvalue weighted by Crippen LogP contribution is -2.29. The summed E-state index contributed by atoms with van der Waals surface area (Å²) < 4.78 is 0. The van der Waals surface area contributed by atoms with E-state index in [1.54, 1.807) is 0 Å². The van der Waals surface area contributed by atoms with E-state index in [1.807, 2.05) is 11.3 Å². The van der Waals surface area contributed by atoms with E-state index < -0.39 is 0 Å². The van der Waals surface area contributed by atoms with Gasteiger partial charge in [-0.25, -0.2) is 0 Å². The topological polar surface area (TPSA) is 12.0 Å². The minimum absolute atomic E-state index is 0.402. The Labute approximate surface area is 132 Å². The lowest BCUT2D eigenvalue weighted by molar-refractivity contribution is 0.342. The first-order valence-corrected chi connectivity index (χ1v) is 8.98. The van der Waals surface area contributed by atoms with E-state index in [0.717, 1.165) is 5.92 Å². The predicted octanol–water partition coefficient (Wildman–Crippen LogP) is 5.64. The fourth-order valence-electron chi connectivity index (χ4n) is 3.64. The smallest absolute Gasteiger partial charge is 0.0448 e. The molecule has 0 spiro atoms. The first-order chi connectivity index (χ1) is 10.3. The van der Waals surface area contributed by atoms with Crippen LogP contribution in [0.25, 0.3) is 0 Å². The molecule has 1 saturated carbocycles. The molecule has 3 rings (SSSR count). The van der Waals surface area contributed by atoms with E-state index in [0.29, 0.717) is 12.1 Å². The molecule has 2 heteroatoms. The van der Waals surface area contributed by atoms with Crippen molar-refractivity contribution in [1.29, 1.82) is 0 Å². The second kappa shape index (κ2) is 6.76. The Bertz CT molecular complexity index is 555. The number of hydrogen-bond donors (Lipinski definition) is 1. The maximum Gasteiger partial charge on any atom is 0.0448 e. The van der Waals surface area contributed by atoms with Gasteiger partial charge in [0, 0.05) is 17.0 Å². The van der Waals surface area contributed by atoms with Gasteiger partial charge in [0.15, 0.2) is 0 Å². The second-order valence-corrected chi connectivity index (χ2v) is 7.26. The van der Waals surface area contributed by atoms with Crippen molar-refractivity contribution in [2.75, 3.05) is 0 Å². The summed E-state index contributed by atoms with van der Waals surface area (Å²) in [6.07, 6.45) is 5.53. The first kappa shape index (κ1) is 14.8. The molecule has 0 saturated heterocycles. The monoisotopic (exact) mass is 299 g/mol. The lowest BCUT2D eigenvalue weighted by Gasteiger charge is -2.28.